The van der Waals surface area contributed by atoms with Crippen LogP contribution in [0.25, 0.3) is 33.1 Å². The maximum atomic E-state index is 13.8. The van der Waals surface area contributed by atoms with E-state index in [1.807, 2.05) is 43.7 Å². The Balaban J connectivity index is 1.20. The molecule has 0 atom stereocenters. The molecule has 1 N–H and O–H groups in total. The largest absolute Gasteiger partial charge is 0.444 e. The highest BCUT2D eigenvalue weighted by molar-refractivity contribution is 5.98. The van der Waals surface area contributed by atoms with Crippen molar-refractivity contribution >= 4 is 28.0 Å². The number of amides is 1. The monoisotopic (exact) mass is 637 g/mol. The van der Waals surface area contributed by atoms with E-state index < -0.39 is 17.2 Å². The molecule has 1 amide bonds. The number of nitrogens with zero attached hydrogens (tertiary/aromatic N) is 6. The third-order valence-electron chi connectivity index (χ3n) is 9.21. The molecule has 3 fully saturated rings. The van der Waals surface area contributed by atoms with Crippen LogP contribution in [0, 0.1) is 34.3 Å². The summed E-state index contributed by atoms with van der Waals surface area (Å²) in [7, 11) is 0. The minimum Gasteiger partial charge on any atom is -0.444 e. The lowest BCUT2D eigenvalue weighted by molar-refractivity contribution is -0.162. The summed E-state index contributed by atoms with van der Waals surface area (Å²) in [5, 5.41) is 24.5. The molecule has 242 valence electrons. The van der Waals surface area contributed by atoms with Crippen molar-refractivity contribution in [3.05, 3.63) is 77.2 Å². The van der Waals surface area contributed by atoms with Crippen LogP contribution in [0.3, 0.4) is 0 Å². The van der Waals surface area contributed by atoms with E-state index in [0.29, 0.717) is 24.1 Å². The van der Waals surface area contributed by atoms with Gasteiger partial charge in [-0.3, -0.25) is 4.68 Å². The number of halogens is 2. The molecular formula is C36H37F2N7O2. The number of nitrogens with one attached hydrogen (secondary N) is 1. The van der Waals surface area contributed by atoms with E-state index >= 15 is 0 Å². The van der Waals surface area contributed by atoms with Gasteiger partial charge in [-0.15, -0.1) is 0 Å². The van der Waals surface area contributed by atoms with Crippen molar-refractivity contribution in [2.24, 2.45) is 11.3 Å². The number of alkyl carbamates (subject to hydrolysis) is 1. The standard InChI is InChI=1S/C36H37F2N7O2/c1-21(2)10-29-25(13-39)31(23-7-9-30-24(12-23)14-40-44(30)16-22-6-8-27(37)28(38)11-22)26-15-41-45(32(26)42-29)20-35-17-36(18-35,19-35)43-33(46)47-34(3,4)5/h6-9,11-12,14-15,21H,10,16-20H2,1-5H3,(H,43,46). The Morgan fingerprint density at radius 2 is 1.81 bits per heavy atom. The Morgan fingerprint density at radius 1 is 1.06 bits per heavy atom. The van der Waals surface area contributed by atoms with Gasteiger partial charge >= 0.3 is 6.09 Å². The summed E-state index contributed by atoms with van der Waals surface area (Å²) in [4.78, 5) is 17.5. The molecule has 3 aromatic heterocycles. The Kier molecular flexibility index (Phi) is 7.11. The fraction of sp³-hybridized carbons (Fsp3) is 0.417. The second kappa shape index (κ2) is 10.9. The Bertz CT molecular complexity index is 2080. The van der Waals surface area contributed by atoms with Crippen molar-refractivity contribution in [3.8, 4) is 17.2 Å². The maximum Gasteiger partial charge on any atom is 0.408 e. The smallest absolute Gasteiger partial charge is 0.408 e. The van der Waals surface area contributed by atoms with Crippen molar-refractivity contribution < 1.29 is 18.3 Å². The van der Waals surface area contributed by atoms with Crippen LogP contribution in [0.5, 0.6) is 0 Å². The first-order valence-corrected chi connectivity index (χ1v) is 16.0. The number of rotatable bonds is 8. The number of pyridine rings is 1. The number of nitriles is 1. The molecule has 11 heteroatoms. The normalized spacial score (nSPS) is 20.2. The average molecular weight is 638 g/mol. The second-order valence-electron chi connectivity index (χ2n) is 14.8. The Hall–Kier alpha value is -4.85. The molecule has 3 heterocycles. The second-order valence-corrected chi connectivity index (χ2v) is 14.8. The van der Waals surface area contributed by atoms with Crippen molar-refractivity contribution in [3.63, 3.8) is 0 Å². The van der Waals surface area contributed by atoms with Crippen LogP contribution in [-0.2, 0) is 24.2 Å². The number of benzene rings is 2. The summed E-state index contributed by atoms with van der Waals surface area (Å²) in [6.45, 7) is 10.7. The van der Waals surface area contributed by atoms with Gasteiger partial charge in [0.25, 0.3) is 0 Å². The van der Waals surface area contributed by atoms with Crippen molar-refractivity contribution in [1.82, 2.24) is 29.9 Å². The molecule has 5 aromatic rings. The van der Waals surface area contributed by atoms with E-state index in [9.17, 15) is 18.8 Å². The Labute approximate surface area is 271 Å². The third kappa shape index (κ3) is 5.60. The van der Waals surface area contributed by atoms with Crippen molar-refractivity contribution in [2.75, 3.05) is 0 Å². The highest BCUT2D eigenvalue weighted by Crippen LogP contribution is 2.68. The molecule has 3 saturated carbocycles. The lowest BCUT2D eigenvalue weighted by Crippen LogP contribution is -2.75. The molecule has 0 spiro atoms. The van der Waals surface area contributed by atoms with Crippen LogP contribution >= 0.6 is 0 Å². The van der Waals surface area contributed by atoms with Crippen LogP contribution in [0.4, 0.5) is 13.6 Å². The minimum absolute atomic E-state index is 0.0306. The van der Waals surface area contributed by atoms with Gasteiger partial charge in [0.2, 0.25) is 0 Å². The first-order valence-electron chi connectivity index (χ1n) is 16.0. The summed E-state index contributed by atoms with van der Waals surface area (Å²) in [6, 6.07) is 12.2. The van der Waals surface area contributed by atoms with Gasteiger partial charge in [-0.25, -0.2) is 23.2 Å². The van der Waals surface area contributed by atoms with Crippen LogP contribution in [-0.4, -0.2) is 41.8 Å². The molecule has 2 bridgehead atoms. The molecule has 3 aliphatic rings. The van der Waals surface area contributed by atoms with E-state index in [4.69, 9.17) is 14.8 Å². The quantitative estimate of drug-likeness (QED) is 0.191. The number of aromatic nitrogens is 5. The predicted molar refractivity (Wildman–Crippen MR) is 173 cm³/mol. The predicted octanol–water partition coefficient (Wildman–Crippen LogP) is 7.29. The van der Waals surface area contributed by atoms with Crippen LogP contribution in [0.1, 0.15) is 70.7 Å². The lowest BCUT2D eigenvalue weighted by atomic mass is 9.39. The number of hydrogen-bond donors (Lipinski definition) is 1. The maximum absolute atomic E-state index is 13.8. The molecule has 8 rings (SSSR count). The summed E-state index contributed by atoms with van der Waals surface area (Å²) in [5.74, 6) is -1.50. The summed E-state index contributed by atoms with van der Waals surface area (Å²) < 4.78 is 36.5. The molecule has 0 radical (unpaired) electrons. The fourth-order valence-corrected chi connectivity index (χ4v) is 7.52. The zero-order valence-electron chi connectivity index (χ0n) is 27.2. The van der Waals surface area contributed by atoms with Gasteiger partial charge in [0.1, 0.15) is 11.7 Å². The van der Waals surface area contributed by atoms with E-state index in [0.717, 1.165) is 64.1 Å². The van der Waals surface area contributed by atoms with Gasteiger partial charge in [-0.1, -0.05) is 26.0 Å². The van der Waals surface area contributed by atoms with Crippen LogP contribution in [0.15, 0.2) is 48.8 Å². The molecule has 2 aromatic carbocycles. The van der Waals surface area contributed by atoms with Gasteiger partial charge in [0, 0.05) is 28.4 Å². The van der Waals surface area contributed by atoms with Crippen molar-refractivity contribution in [1.29, 1.82) is 5.26 Å². The van der Waals surface area contributed by atoms with E-state index in [-0.39, 0.29) is 29.5 Å². The van der Waals surface area contributed by atoms with Gasteiger partial charge in [-0.2, -0.15) is 15.5 Å². The van der Waals surface area contributed by atoms with Crippen LogP contribution in [0.2, 0.25) is 0 Å². The van der Waals surface area contributed by atoms with Crippen molar-refractivity contribution in [2.45, 2.75) is 84.5 Å². The lowest BCUT2D eigenvalue weighted by Gasteiger charge is -2.70. The number of fused-ring (bicyclic) bond motifs is 2. The number of hydrogen-bond acceptors (Lipinski definition) is 6. The molecule has 3 aliphatic carbocycles. The molecule has 0 unspecified atom stereocenters. The number of carbonyl (C=O) groups is 1. The highest BCUT2D eigenvalue weighted by Gasteiger charge is 2.68. The summed E-state index contributed by atoms with van der Waals surface area (Å²) in [5.41, 5.74) is 4.34. The topological polar surface area (TPSA) is 111 Å². The van der Waals surface area contributed by atoms with Gasteiger partial charge in [-0.05, 0) is 93.2 Å². The van der Waals surface area contributed by atoms with Gasteiger partial charge in [0.05, 0.1) is 35.7 Å². The third-order valence-corrected chi connectivity index (χ3v) is 9.21. The fourth-order valence-electron chi connectivity index (χ4n) is 7.52. The molecule has 47 heavy (non-hydrogen) atoms. The van der Waals surface area contributed by atoms with Gasteiger partial charge < -0.3 is 10.1 Å². The highest BCUT2D eigenvalue weighted by atomic mass is 19.2. The first-order chi connectivity index (χ1) is 22.3. The minimum atomic E-state index is -0.893. The zero-order valence-corrected chi connectivity index (χ0v) is 27.2. The Morgan fingerprint density at radius 3 is 2.49 bits per heavy atom. The first kappa shape index (κ1) is 30.8. The molecule has 9 nitrogen and oxygen atoms in total. The molecule has 0 aliphatic heterocycles. The van der Waals surface area contributed by atoms with E-state index in [2.05, 4.69) is 30.3 Å². The zero-order chi connectivity index (χ0) is 33.3. The van der Waals surface area contributed by atoms with Crippen LogP contribution < -0.4 is 5.32 Å². The average Bonchev–Trinajstić information content (AvgIpc) is 3.54. The SMILES string of the molecule is CC(C)Cc1nc2c(cnn2CC23CC(NC(=O)OC(C)(C)C)(C2)C3)c(-c2ccc3c(cnn3Cc3ccc(F)c(F)c3)c2)c1C#N. The summed E-state index contributed by atoms with van der Waals surface area (Å²) in [6.07, 6.45) is 6.37. The van der Waals surface area contributed by atoms with E-state index in [1.165, 1.54) is 6.07 Å². The molecular weight excluding hydrogens is 600 g/mol. The van der Waals surface area contributed by atoms with E-state index in [1.54, 1.807) is 23.1 Å². The summed E-state index contributed by atoms with van der Waals surface area (Å²) >= 11 is 0. The molecule has 0 saturated heterocycles. The number of carbonyl (C=O) groups excluding carboxylic acids is 1. The van der Waals surface area contributed by atoms with Gasteiger partial charge in [0.15, 0.2) is 17.3 Å². The number of ether oxygens (including phenoxy) is 1.